The van der Waals surface area contributed by atoms with Gasteiger partial charge in [-0.3, -0.25) is 4.79 Å². The van der Waals surface area contributed by atoms with Crippen LogP contribution in [0.15, 0.2) is 11.8 Å². The number of hydrogen-bond acceptors (Lipinski definition) is 2. The minimum atomic E-state index is -0.0843. The summed E-state index contributed by atoms with van der Waals surface area (Å²) in [6, 6.07) is 0. The number of rotatable bonds is 5. The van der Waals surface area contributed by atoms with Crippen LogP contribution in [0.1, 0.15) is 39.5 Å². The van der Waals surface area contributed by atoms with Crippen LogP contribution in [0, 0.1) is 0 Å². The van der Waals surface area contributed by atoms with E-state index in [4.69, 9.17) is 5.11 Å². The summed E-state index contributed by atoms with van der Waals surface area (Å²) < 4.78 is 0. The molecule has 0 heterocycles. The van der Waals surface area contributed by atoms with Crippen LogP contribution < -0.4 is 0 Å². The highest BCUT2D eigenvalue weighted by molar-refractivity contribution is 5.87. The van der Waals surface area contributed by atoms with Gasteiger partial charge in [-0.2, -0.15) is 0 Å². The lowest BCUT2D eigenvalue weighted by atomic mass is 10.1. The van der Waals surface area contributed by atoms with Crippen molar-refractivity contribution in [3.05, 3.63) is 11.8 Å². The van der Waals surface area contributed by atoms with Crippen LogP contribution in [0.5, 0.6) is 0 Å². The number of unbranched alkanes of at least 4 members (excludes halogenated alkanes) is 2. The molecule has 0 saturated heterocycles. The number of aliphatic hydroxyl groups excluding tert-OH is 1. The van der Waals surface area contributed by atoms with Crippen LogP contribution >= 0.6 is 0 Å². The van der Waals surface area contributed by atoms with Crippen molar-refractivity contribution in [2.45, 2.75) is 39.5 Å². The van der Waals surface area contributed by atoms with E-state index < -0.39 is 0 Å². The number of carbonyl (C=O) groups is 1. The largest absolute Gasteiger partial charge is 0.512 e. The third kappa shape index (κ3) is 7.10. The molecule has 0 atom stereocenters. The number of aliphatic hydroxyl groups is 1. The van der Waals surface area contributed by atoms with Gasteiger partial charge in [0, 0.05) is 12.5 Å². The summed E-state index contributed by atoms with van der Waals surface area (Å²) in [7, 11) is 0. The molecule has 0 bridgehead atoms. The van der Waals surface area contributed by atoms with Gasteiger partial charge in [-0.1, -0.05) is 19.8 Å². The predicted octanol–water partition coefficient (Wildman–Crippen LogP) is 2.60. The van der Waals surface area contributed by atoms with Crippen LogP contribution in [-0.4, -0.2) is 10.9 Å². The average molecular weight is 156 g/mol. The predicted molar refractivity (Wildman–Crippen MR) is 45.5 cm³/mol. The first-order chi connectivity index (χ1) is 5.16. The van der Waals surface area contributed by atoms with Crippen LogP contribution in [-0.2, 0) is 4.79 Å². The molecular weight excluding hydrogens is 140 g/mol. The first kappa shape index (κ1) is 10.2. The summed E-state index contributed by atoms with van der Waals surface area (Å²) in [5, 5.41) is 9.09. The normalized spacial score (nSPS) is 11.6. The average Bonchev–Trinajstić information content (AvgIpc) is 1.86. The fraction of sp³-hybridized carbons (Fsp3) is 0.667. The first-order valence-corrected chi connectivity index (χ1v) is 4.07. The van der Waals surface area contributed by atoms with E-state index in [1.807, 2.05) is 0 Å². The Kier molecular flexibility index (Phi) is 5.53. The van der Waals surface area contributed by atoms with Gasteiger partial charge in [-0.15, -0.1) is 0 Å². The SMILES string of the molecule is CCCCCC(O)=CC(C)=O. The maximum Gasteiger partial charge on any atom is 0.155 e. The molecule has 0 aromatic heterocycles. The van der Waals surface area contributed by atoms with E-state index in [2.05, 4.69) is 6.92 Å². The molecule has 0 amide bonds. The lowest BCUT2D eigenvalue weighted by Gasteiger charge is -1.96. The second-order valence-corrected chi connectivity index (χ2v) is 2.70. The molecule has 0 unspecified atom stereocenters. The van der Waals surface area contributed by atoms with Crippen LogP contribution in [0.4, 0.5) is 0 Å². The summed E-state index contributed by atoms with van der Waals surface area (Å²) in [4.78, 5) is 10.5. The van der Waals surface area contributed by atoms with Crippen LogP contribution in [0.2, 0.25) is 0 Å². The van der Waals surface area contributed by atoms with Gasteiger partial charge in [-0.05, 0) is 13.3 Å². The quantitative estimate of drug-likeness (QED) is 0.377. The molecule has 0 aromatic rings. The van der Waals surface area contributed by atoms with E-state index in [1.165, 1.54) is 13.0 Å². The highest BCUT2D eigenvalue weighted by Gasteiger charge is 1.94. The topological polar surface area (TPSA) is 37.3 Å². The van der Waals surface area contributed by atoms with E-state index in [9.17, 15) is 4.79 Å². The molecule has 0 aliphatic carbocycles. The molecule has 0 aromatic carbocycles. The minimum Gasteiger partial charge on any atom is -0.512 e. The highest BCUT2D eigenvalue weighted by atomic mass is 16.3. The molecule has 0 radical (unpaired) electrons. The van der Waals surface area contributed by atoms with Gasteiger partial charge < -0.3 is 5.11 Å². The third-order valence-electron chi connectivity index (χ3n) is 1.41. The first-order valence-electron chi connectivity index (χ1n) is 4.07. The van der Waals surface area contributed by atoms with Gasteiger partial charge in [0.05, 0.1) is 5.76 Å². The second-order valence-electron chi connectivity index (χ2n) is 2.70. The van der Waals surface area contributed by atoms with Crippen LogP contribution in [0.25, 0.3) is 0 Å². The lowest BCUT2D eigenvalue weighted by molar-refractivity contribution is -0.112. The zero-order valence-corrected chi connectivity index (χ0v) is 7.26. The van der Waals surface area contributed by atoms with Gasteiger partial charge in [0.1, 0.15) is 0 Å². The molecule has 0 aliphatic rings. The zero-order valence-electron chi connectivity index (χ0n) is 7.26. The number of carbonyl (C=O) groups excluding carboxylic acids is 1. The van der Waals surface area contributed by atoms with Crippen molar-refractivity contribution in [2.24, 2.45) is 0 Å². The molecule has 64 valence electrons. The maximum atomic E-state index is 10.5. The zero-order chi connectivity index (χ0) is 8.69. The number of allylic oxidation sites excluding steroid dienone is 2. The molecule has 0 spiro atoms. The van der Waals surface area contributed by atoms with Gasteiger partial charge >= 0.3 is 0 Å². The summed E-state index contributed by atoms with van der Waals surface area (Å²) in [6.45, 7) is 3.54. The van der Waals surface area contributed by atoms with Crippen molar-refractivity contribution >= 4 is 5.78 Å². The van der Waals surface area contributed by atoms with Gasteiger partial charge in [-0.25, -0.2) is 0 Å². The van der Waals surface area contributed by atoms with Crippen LogP contribution in [0.3, 0.4) is 0 Å². The fourth-order valence-electron chi connectivity index (χ4n) is 0.863. The number of ketones is 1. The smallest absolute Gasteiger partial charge is 0.155 e. The maximum absolute atomic E-state index is 10.5. The Bertz CT molecular complexity index is 148. The molecule has 0 fully saturated rings. The Hall–Kier alpha value is -0.790. The molecule has 0 aliphatic heterocycles. The van der Waals surface area contributed by atoms with Crippen molar-refractivity contribution < 1.29 is 9.90 Å². The van der Waals surface area contributed by atoms with Gasteiger partial charge in [0.25, 0.3) is 0 Å². The van der Waals surface area contributed by atoms with E-state index >= 15 is 0 Å². The standard InChI is InChI=1S/C9H16O2/c1-3-4-5-6-9(11)7-8(2)10/h7,11H,3-6H2,1-2H3. The Morgan fingerprint density at radius 2 is 2.09 bits per heavy atom. The monoisotopic (exact) mass is 156 g/mol. The third-order valence-corrected chi connectivity index (χ3v) is 1.41. The second kappa shape index (κ2) is 5.96. The summed E-state index contributed by atoms with van der Waals surface area (Å²) in [6.07, 6.45) is 5.12. The molecule has 2 heteroatoms. The Balaban J connectivity index is 3.51. The molecule has 11 heavy (non-hydrogen) atoms. The van der Waals surface area contributed by atoms with E-state index in [0.29, 0.717) is 6.42 Å². The lowest BCUT2D eigenvalue weighted by Crippen LogP contribution is -1.88. The fourth-order valence-corrected chi connectivity index (χ4v) is 0.863. The minimum absolute atomic E-state index is 0.0843. The summed E-state index contributed by atoms with van der Waals surface area (Å²) >= 11 is 0. The number of hydrogen-bond donors (Lipinski definition) is 1. The van der Waals surface area contributed by atoms with Crippen molar-refractivity contribution in [2.75, 3.05) is 0 Å². The van der Waals surface area contributed by atoms with Crippen molar-refractivity contribution in [1.82, 2.24) is 0 Å². The Labute approximate surface area is 67.9 Å². The molecule has 2 nitrogen and oxygen atoms in total. The van der Waals surface area contributed by atoms with E-state index in [1.54, 1.807) is 0 Å². The molecule has 0 saturated carbocycles. The van der Waals surface area contributed by atoms with Gasteiger partial charge in [0.2, 0.25) is 0 Å². The Morgan fingerprint density at radius 3 is 2.55 bits per heavy atom. The van der Waals surface area contributed by atoms with E-state index in [-0.39, 0.29) is 11.5 Å². The molecule has 0 rings (SSSR count). The van der Waals surface area contributed by atoms with Crippen molar-refractivity contribution in [3.63, 3.8) is 0 Å². The Morgan fingerprint density at radius 1 is 1.45 bits per heavy atom. The highest BCUT2D eigenvalue weighted by Crippen LogP contribution is 2.05. The molecule has 1 N–H and O–H groups in total. The summed E-state index contributed by atoms with van der Waals surface area (Å²) in [5.74, 6) is 0.130. The van der Waals surface area contributed by atoms with Crippen molar-refractivity contribution in [1.29, 1.82) is 0 Å². The van der Waals surface area contributed by atoms with Crippen molar-refractivity contribution in [3.8, 4) is 0 Å². The molecular formula is C9H16O2. The van der Waals surface area contributed by atoms with E-state index in [0.717, 1.165) is 19.3 Å². The summed E-state index contributed by atoms with van der Waals surface area (Å²) in [5.41, 5.74) is 0. The van der Waals surface area contributed by atoms with Gasteiger partial charge in [0.15, 0.2) is 5.78 Å².